The van der Waals surface area contributed by atoms with Gasteiger partial charge >= 0.3 is 0 Å². The zero-order chi connectivity index (χ0) is 10.7. The van der Waals surface area contributed by atoms with E-state index in [0.29, 0.717) is 17.2 Å². The van der Waals surface area contributed by atoms with Crippen molar-refractivity contribution in [1.82, 2.24) is 0 Å². The Morgan fingerprint density at radius 2 is 2.00 bits per heavy atom. The fourth-order valence-corrected chi connectivity index (χ4v) is 1.28. The van der Waals surface area contributed by atoms with Crippen LogP contribution in [0.3, 0.4) is 0 Å². The van der Waals surface area contributed by atoms with Crippen LogP contribution in [0.4, 0.5) is 5.69 Å². The molecule has 14 heavy (non-hydrogen) atoms. The summed E-state index contributed by atoms with van der Waals surface area (Å²) in [6.45, 7) is 4.11. The van der Waals surface area contributed by atoms with Crippen molar-refractivity contribution >= 4 is 5.69 Å². The molecule has 3 nitrogen and oxygen atoms in total. The number of anilines is 1. The Morgan fingerprint density at radius 1 is 1.36 bits per heavy atom. The molecule has 0 bridgehead atoms. The largest absolute Gasteiger partial charge is 0.398 e. The summed E-state index contributed by atoms with van der Waals surface area (Å²) in [5.74, 6) is 0.363. The third-order valence-corrected chi connectivity index (χ3v) is 2.30. The van der Waals surface area contributed by atoms with Crippen LogP contribution in [0, 0.1) is 17.2 Å². The summed E-state index contributed by atoms with van der Waals surface area (Å²) >= 11 is 0. The molecule has 0 aromatic heterocycles. The van der Waals surface area contributed by atoms with Crippen LogP contribution in [-0.4, -0.2) is 0 Å². The van der Waals surface area contributed by atoms with Crippen LogP contribution < -0.4 is 11.5 Å². The van der Waals surface area contributed by atoms with Gasteiger partial charge in [0, 0.05) is 11.7 Å². The molecular formula is C11H15N3. The number of hydrogen-bond donors (Lipinski definition) is 2. The lowest BCUT2D eigenvalue weighted by atomic mass is 9.96. The van der Waals surface area contributed by atoms with Crippen LogP contribution in [-0.2, 0) is 0 Å². The molecule has 0 saturated heterocycles. The van der Waals surface area contributed by atoms with E-state index in [1.807, 2.05) is 12.1 Å². The van der Waals surface area contributed by atoms with Gasteiger partial charge in [0.15, 0.2) is 0 Å². The molecule has 0 heterocycles. The topological polar surface area (TPSA) is 75.8 Å². The van der Waals surface area contributed by atoms with Crippen molar-refractivity contribution in [3.63, 3.8) is 0 Å². The predicted molar refractivity (Wildman–Crippen MR) is 57.3 cm³/mol. The monoisotopic (exact) mass is 189 g/mol. The van der Waals surface area contributed by atoms with Gasteiger partial charge in [0.2, 0.25) is 0 Å². The number of hydrogen-bond acceptors (Lipinski definition) is 3. The molecule has 1 aromatic carbocycles. The van der Waals surface area contributed by atoms with Gasteiger partial charge in [0.25, 0.3) is 0 Å². The third kappa shape index (κ3) is 2.04. The van der Waals surface area contributed by atoms with Gasteiger partial charge in [-0.1, -0.05) is 19.9 Å². The Bertz CT molecular complexity index is 363. The molecule has 0 aliphatic rings. The molecule has 0 radical (unpaired) electrons. The zero-order valence-electron chi connectivity index (χ0n) is 8.49. The van der Waals surface area contributed by atoms with Crippen LogP contribution in [0.1, 0.15) is 31.0 Å². The fourth-order valence-electron chi connectivity index (χ4n) is 1.28. The van der Waals surface area contributed by atoms with Gasteiger partial charge in [0.05, 0.1) is 5.56 Å². The van der Waals surface area contributed by atoms with E-state index < -0.39 is 0 Å². The highest BCUT2D eigenvalue weighted by Crippen LogP contribution is 2.22. The molecule has 0 aliphatic carbocycles. The number of rotatable bonds is 2. The number of nitrogen functional groups attached to an aromatic ring is 1. The first-order valence-corrected chi connectivity index (χ1v) is 4.61. The Morgan fingerprint density at radius 3 is 2.43 bits per heavy atom. The molecule has 0 fully saturated rings. The molecule has 4 N–H and O–H groups in total. The van der Waals surface area contributed by atoms with Crippen molar-refractivity contribution in [2.45, 2.75) is 19.9 Å². The normalized spacial score (nSPS) is 12.5. The SMILES string of the molecule is CC(C)C(N)c1ccc(C#N)c(N)c1. The smallest absolute Gasteiger partial charge is 0.101 e. The number of nitrogens with zero attached hydrogens (tertiary/aromatic N) is 1. The van der Waals surface area contributed by atoms with Crippen molar-refractivity contribution in [3.05, 3.63) is 29.3 Å². The van der Waals surface area contributed by atoms with E-state index in [9.17, 15) is 0 Å². The van der Waals surface area contributed by atoms with Gasteiger partial charge in [-0.15, -0.1) is 0 Å². The Labute approximate surface area is 84.3 Å². The molecule has 1 unspecified atom stereocenters. The highest BCUT2D eigenvalue weighted by molar-refractivity contribution is 5.55. The molecule has 0 amide bonds. The molecular weight excluding hydrogens is 174 g/mol. The summed E-state index contributed by atoms with van der Waals surface area (Å²) in [5, 5.41) is 8.70. The molecule has 0 spiro atoms. The van der Waals surface area contributed by atoms with E-state index in [-0.39, 0.29) is 6.04 Å². The van der Waals surface area contributed by atoms with E-state index in [0.717, 1.165) is 5.56 Å². The Hall–Kier alpha value is -1.53. The summed E-state index contributed by atoms with van der Waals surface area (Å²) in [7, 11) is 0. The molecule has 0 saturated carbocycles. The fraction of sp³-hybridized carbons (Fsp3) is 0.364. The maximum absolute atomic E-state index is 8.70. The standard InChI is InChI=1S/C11H15N3/c1-7(2)11(14)8-3-4-9(6-12)10(13)5-8/h3-5,7,11H,13-14H2,1-2H3. The number of benzene rings is 1. The molecule has 1 rings (SSSR count). The second kappa shape index (κ2) is 4.12. The van der Waals surface area contributed by atoms with Gasteiger partial charge in [-0.3, -0.25) is 0 Å². The highest BCUT2D eigenvalue weighted by Gasteiger charge is 2.11. The van der Waals surface area contributed by atoms with Gasteiger partial charge in [-0.2, -0.15) is 5.26 Å². The van der Waals surface area contributed by atoms with Crippen molar-refractivity contribution < 1.29 is 0 Å². The number of nitriles is 1. The number of nitrogens with two attached hydrogens (primary N) is 2. The van der Waals surface area contributed by atoms with Crippen LogP contribution in [0.25, 0.3) is 0 Å². The maximum atomic E-state index is 8.70. The zero-order valence-corrected chi connectivity index (χ0v) is 8.49. The van der Waals surface area contributed by atoms with Crippen LogP contribution in [0.15, 0.2) is 18.2 Å². The minimum Gasteiger partial charge on any atom is -0.398 e. The highest BCUT2D eigenvalue weighted by atomic mass is 14.6. The average Bonchev–Trinajstić information content (AvgIpc) is 2.16. The van der Waals surface area contributed by atoms with E-state index in [4.69, 9.17) is 16.7 Å². The van der Waals surface area contributed by atoms with E-state index >= 15 is 0 Å². The summed E-state index contributed by atoms with van der Waals surface area (Å²) < 4.78 is 0. The first kappa shape index (κ1) is 10.6. The minimum atomic E-state index is -0.0231. The summed E-state index contributed by atoms with van der Waals surface area (Å²) in [6, 6.07) is 7.36. The molecule has 3 heteroatoms. The van der Waals surface area contributed by atoms with Crippen LogP contribution in [0.2, 0.25) is 0 Å². The summed E-state index contributed by atoms with van der Waals surface area (Å²) in [4.78, 5) is 0. The van der Waals surface area contributed by atoms with E-state index in [1.165, 1.54) is 0 Å². The average molecular weight is 189 g/mol. The van der Waals surface area contributed by atoms with E-state index in [2.05, 4.69) is 13.8 Å². The van der Waals surface area contributed by atoms with Crippen molar-refractivity contribution in [1.29, 1.82) is 5.26 Å². The Kier molecular flexibility index (Phi) is 3.10. The van der Waals surface area contributed by atoms with Crippen molar-refractivity contribution in [2.75, 3.05) is 5.73 Å². The summed E-state index contributed by atoms with van der Waals surface area (Å²) in [6.07, 6.45) is 0. The van der Waals surface area contributed by atoms with Crippen LogP contribution in [0.5, 0.6) is 0 Å². The van der Waals surface area contributed by atoms with Gasteiger partial charge in [0.1, 0.15) is 6.07 Å². The van der Waals surface area contributed by atoms with Gasteiger partial charge in [-0.25, -0.2) is 0 Å². The maximum Gasteiger partial charge on any atom is 0.101 e. The quantitative estimate of drug-likeness (QED) is 0.696. The third-order valence-electron chi connectivity index (χ3n) is 2.30. The first-order chi connectivity index (χ1) is 6.56. The molecule has 74 valence electrons. The van der Waals surface area contributed by atoms with Crippen molar-refractivity contribution in [3.8, 4) is 6.07 Å². The second-order valence-electron chi connectivity index (χ2n) is 3.73. The van der Waals surface area contributed by atoms with Crippen LogP contribution >= 0.6 is 0 Å². The summed E-state index contributed by atoms with van der Waals surface area (Å²) in [5.41, 5.74) is 13.6. The minimum absolute atomic E-state index is 0.0231. The molecule has 1 aromatic rings. The van der Waals surface area contributed by atoms with E-state index in [1.54, 1.807) is 12.1 Å². The lowest BCUT2D eigenvalue weighted by Gasteiger charge is -2.16. The lowest BCUT2D eigenvalue weighted by Crippen LogP contribution is -2.16. The van der Waals surface area contributed by atoms with Crippen molar-refractivity contribution in [2.24, 2.45) is 11.7 Å². The first-order valence-electron chi connectivity index (χ1n) is 4.61. The second-order valence-corrected chi connectivity index (χ2v) is 3.73. The van der Waals surface area contributed by atoms with Gasteiger partial charge in [-0.05, 0) is 23.6 Å². The Balaban J connectivity index is 3.04. The molecule has 1 atom stereocenters. The lowest BCUT2D eigenvalue weighted by molar-refractivity contribution is 0.514. The molecule has 0 aliphatic heterocycles. The predicted octanol–water partition coefficient (Wildman–Crippen LogP) is 1.80. The van der Waals surface area contributed by atoms with Gasteiger partial charge < -0.3 is 11.5 Å².